The number of piperazine rings is 1. The molecule has 10 heteroatoms. The predicted octanol–water partition coefficient (Wildman–Crippen LogP) is -0.206. The first-order chi connectivity index (χ1) is 13.2. The summed E-state index contributed by atoms with van der Waals surface area (Å²) in [4.78, 5) is 37.2. The summed E-state index contributed by atoms with van der Waals surface area (Å²) in [5.41, 5.74) is 0.152. The van der Waals surface area contributed by atoms with E-state index in [0.717, 1.165) is 0 Å². The Balaban J connectivity index is 2.12. The number of benzene rings is 1. The van der Waals surface area contributed by atoms with Crippen LogP contribution >= 0.6 is 0 Å². The van der Waals surface area contributed by atoms with Gasteiger partial charge in [0.1, 0.15) is 6.04 Å². The lowest BCUT2D eigenvalue weighted by molar-refractivity contribution is -0.130. The van der Waals surface area contributed by atoms with E-state index in [0.29, 0.717) is 19.6 Å². The van der Waals surface area contributed by atoms with Crippen LogP contribution < -0.4 is 10.6 Å². The summed E-state index contributed by atoms with van der Waals surface area (Å²) in [5.74, 6) is -0.933. The number of carbonyl (C=O) groups excluding carboxylic acids is 3. The van der Waals surface area contributed by atoms with E-state index in [9.17, 15) is 22.8 Å². The number of rotatable bonds is 6. The second-order valence-corrected chi connectivity index (χ2v) is 8.47. The third-order valence-electron chi connectivity index (χ3n) is 4.51. The highest BCUT2D eigenvalue weighted by molar-refractivity contribution is 7.89. The van der Waals surface area contributed by atoms with Crippen molar-refractivity contribution in [3.05, 3.63) is 29.8 Å². The molecule has 3 amide bonds. The molecule has 28 heavy (non-hydrogen) atoms. The van der Waals surface area contributed by atoms with Crippen molar-refractivity contribution in [2.24, 2.45) is 0 Å². The van der Waals surface area contributed by atoms with Gasteiger partial charge in [-0.25, -0.2) is 8.42 Å². The summed E-state index contributed by atoms with van der Waals surface area (Å²) in [5, 5.41) is 5.16. The Labute approximate surface area is 165 Å². The first-order valence-electron chi connectivity index (χ1n) is 9.11. The lowest BCUT2D eigenvalue weighted by Crippen LogP contribution is -2.49. The average molecular weight is 410 g/mol. The second kappa shape index (κ2) is 9.16. The van der Waals surface area contributed by atoms with Gasteiger partial charge in [-0.15, -0.1) is 0 Å². The van der Waals surface area contributed by atoms with Crippen LogP contribution in [0, 0.1) is 0 Å². The maximum absolute atomic E-state index is 12.9. The van der Waals surface area contributed by atoms with Gasteiger partial charge < -0.3 is 15.5 Å². The van der Waals surface area contributed by atoms with Crippen molar-refractivity contribution in [1.29, 1.82) is 0 Å². The molecule has 2 N–H and O–H groups in total. The highest BCUT2D eigenvalue weighted by Gasteiger charge is 2.29. The van der Waals surface area contributed by atoms with Crippen LogP contribution in [-0.4, -0.2) is 74.1 Å². The molecule has 0 aliphatic carbocycles. The number of sulfonamides is 1. The smallest absolute Gasteiger partial charge is 0.251 e. The topological polar surface area (TPSA) is 116 Å². The minimum Gasteiger partial charge on any atom is -0.355 e. The van der Waals surface area contributed by atoms with Gasteiger partial charge >= 0.3 is 0 Å². The van der Waals surface area contributed by atoms with Gasteiger partial charge in [0.2, 0.25) is 21.8 Å². The summed E-state index contributed by atoms with van der Waals surface area (Å²) < 4.78 is 27.1. The van der Waals surface area contributed by atoms with E-state index in [1.807, 2.05) is 0 Å². The molecular weight excluding hydrogens is 384 g/mol. The molecule has 9 nitrogen and oxygen atoms in total. The molecule has 0 saturated carbocycles. The van der Waals surface area contributed by atoms with Crippen LogP contribution in [-0.2, 0) is 19.6 Å². The number of carbonyl (C=O) groups is 3. The van der Waals surface area contributed by atoms with Gasteiger partial charge in [-0.3, -0.25) is 14.4 Å². The summed E-state index contributed by atoms with van der Waals surface area (Å²) >= 11 is 0. The monoisotopic (exact) mass is 410 g/mol. The highest BCUT2D eigenvalue weighted by Crippen LogP contribution is 2.19. The first kappa shape index (κ1) is 21.8. The number of hydrogen-bond donors (Lipinski definition) is 2. The quantitative estimate of drug-likeness (QED) is 0.673. The number of likely N-dealkylation sites (N-methyl/N-ethyl adjacent to an activating group) is 1. The molecule has 0 spiro atoms. The van der Waals surface area contributed by atoms with E-state index in [4.69, 9.17) is 0 Å². The van der Waals surface area contributed by atoms with Gasteiger partial charge in [-0.1, -0.05) is 6.07 Å². The fourth-order valence-electron chi connectivity index (χ4n) is 2.86. The van der Waals surface area contributed by atoms with E-state index < -0.39 is 22.0 Å². The molecule has 1 aliphatic heterocycles. The Morgan fingerprint density at radius 3 is 2.36 bits per heavy atom. The Kier molecular flexibility index (Phi) is 7.14. The standard InChI is InChI=1S/C18H26N4O5S/c1-4-19-17(24)13(2)20-18(25)15-6-5-7-16(12-15)28(26,27)22-10-8-21(9-11-22)14(3)23/h5-7,12-13H,4,8-11H2,1-3H3,(H,19,24)(H,20,25)/t13-/m1/s1. The van der Waals surface area contributed by atoms with E-state index in [1.165, 1.54) is 35.5 Å². The summed E-state index contributed by atoms with van der Waals surface area (Å²) in [6, 6.07) is 4.97. The van der Waals surface area contributed by atoms with Crippen molar-refractivity contribution in [3.8, 4) is 0 Å². The fourth-order valence-corrected chi connectivity index (χ4v) is 4.33. The fraction of sp³-hybridized carbons (Fsp3) is 0.500. The molecule has 1 fully saturated rings. The highest BCUT2D eigenvalue weighted by atomic mass is 32.2. The third-order valence-corrected chi connectivity index (χ3v) is 6.40. The molecule has 1 aromatic rings. The number of hydrogen-bond acceptors (Lipinski definition) is 5. The van der Waals surface area contributed by atoms with Crippen LogP contribution in [0.4, 0.5) is 0 Å². The van der Waals surface area contributed by atoms with Crippen molar-refractivity contribution < 1.29 is 22.8 Å². The molecule has 0 radical (unpaired) electrons. The van der Waals surface area contributed by atoms with Crippen LogP contribution in [0.1, 0.15) is 31.1 Å². The van der Waals surface area contributed by atoms with Crippen LogP contribution in [0.5, 0.6) is 0 Å². The number of nitrogens with zero attached hydrogens (tertiary/aromatic N) is 2. The maximum Gasteiger partial charge on any atom is 0.251 e. The number of nitrogens with one attached hydrogen (secondary N) is 2. The first-order valence-corrected chi connectivity index (χ1v) is 10.5. The van der Waals surface area contributed by atoms with Gasteiger partial charge in [-0.05, 0) is 32.0 Å². The normalized spacial score (nSPS) is 16.3. The van der Waals surface area contributed by atoms with Gasteiger partial charge in [0.25, 0.3) is 5.91 Å². The zero-order valence-corrected chi connectivity index (χ0v) is 17.1. The van der Waals surface area contributed by atoms with Gasteiger partial charge in [0.15, 0.2) is 0 Å². The molecule has 0 bridgehead atoms. The Bertz CT molecular complexity index is 847. The predicted molar refractivity (Wildman–Crippen MR) is 103 cm³/mol. The van der Waals surface area contributed by atoms with E-state index in [2.05, 4.69) is 10.6 Å². The Hall–Kier alpha value is -2.46. The van der Waals surface area contributed by atoms with Crippen LogP contribution in [0.25, 0.3) is 0 Å². The zero-order chi connectivity index (χ0) is 20.9. The molecule has 1 saturated heterocycles. The average Bonchev–Trinajstić information content (AvgIpc) is 2.68. The van der Waals surface area contributed by atoms with Crippen LogP contribution in [0.15, 0.2) is 29.2 Å². The molecule has 0 unspecified atom stereocenters. The maximum atomic E-state index is 12.9. The van der Waals surface area contributed by atoms with Crippen LogP contribution in [0.3, 0.4) is 0 Å². The largest absolute Gasteiger partial charge is 0.355 e. The van der Waals surface area contributed by atoms with Crippen molar-refractivity contribution in [3.63, 3.8) is 0 Å². The third kappa shape index (κ3) is 5.08. The molecule has 1 atom stereocenters. The van der Waals surface area contributed by atoms with E-state index >= 15 is 0 Å². The van der Waals surface area contributed by atoms with E-state index in [-0.39, 0.29) is 35.4 Å². The van der Waals surface area contributed by atoms with E-state index in [1.54, 1.807) is 18.7 Å². The molecule has 154 valence electrons. The molecule has 1 heterocycles. The van der Waals surface area contributed by atoms with Gasteiger partial charge in [0, 0.05) is 45.2 Å². The van der Waals surface area contributed by atoms with Gasteiger partial charge in [-0.2, -0.15) is 4.31 Å². The summed E-state index contributed by atoms with van der Waals surface area (Å²) in [6.45, 7) is 6.30. The molecule has 1 aromatic carbocycles. The van der Waals surface area contributed by atoms with Gasteiger partial charge in [0.05, 0.1) is 4.90 Å². The van der Waals surface area contributed by atoms with Crippen LogP contribution in [0.2, 0.25) is 0 Å². The molecule has 1 aliphatic rings. The minimum absolute atomic E-state index is 0.00193. The summed E-state index contributed by atoms with van der Waals surface area (Å²) in [6.07, 6.45) is 0. The van der Waals surface area contributed by atoms with Crippen molar-refractivity contribution in [2.75, 3.05) is 32.7 Å². The molecule has 0 aromatic heterocycles. The lowest BCUT2D eigenvalue weighted by Gasteiger charge is -2.33. The SMILES string of the molecule is CCNC(=O)[C@@H](C)NC(=O)c1cccc(S(=O)(=O)N2CCN(C(C)=O)CC2)c1. The minimum atomic E-state index is -3.78. The second-order valence-electron chi connectivity index (χ2n) is 6.53. The van der Waals surface area contributed by atoms with Crippen molar-refractivity contribution >= 4 is 27.7 Å². The van der Waals surface area contributed by atoms with Crippen molar-refractivity contribution in [2.45, 2.75) is 31.7 Å². The lowest BCUT2D eigenvalue weighted by atomic mass is 10.2. The number of amides is 3. The Morgan fingerprint density at radius 1 is 1.14 bits per heavy atom. The Morgan fingerprint density at radius 2 is 1.79 bits per heavy atom. The molecule has 2 rings (SSSR count). The zero-order valence-electron chi connectivity index (χ0n) is 16.3. The molecular formula is C18H26N4O5S. The summed E-state index contributed by atoms with van der Waals surface area (Å²) in [7, 11) is -3.78. The van der Waals surface area contributed by atoms with Crippen molar-refractivity contribution in [1.82, 2.24) is 19.8 Å².